The van der Waals surface area contributed by atoms with Crippen LogP contribution in [0.25, 0.3) is 0 Å². The van der Waals surface area contributed by atoms with Gasteiger partial charge in [-0.3, -0.25) is 14.8 Å². The molecule has 5 heteroatoms. The standard InChI is InChI=1S/C18H28N2O3/c1-14(2)13-16(17(21)19-23)18(22)20(3)12-8-7-11-15-9-5-4-6-10-15/h4-6,9-10,14,16,23H,7-8,11-13H2,1-3H3,(H,19,21). The number of carbonyl (C=O) groups excluding carboxylic acids is 2. The highest BCUT2D eigenvalue weighted by Crippen LogP contribution is 2.15. The maximum atomic E-state index is 12.4. The molecule has 2 N–H and O–H groups in total. The molecule has 0 saturated carbocycles. The molecule has 0 fully saturated rings. The summed E-state index contributed by atoms with van der Waals surface area (Å²) >= 11 is 0. The van der Waals surface area contributed by atoms with Gasteiger partial charge in [-0.2, -0.15) is 0 Å². The van der Waals surface area contributed by atoms with Crippen molar-refractivity contribution in [1.29, 1.82) is 0 Å². The summed E-state index contributed by atoms with van der Waals surface area (Å²) in [6.07, 6.45) is 3.28. The number of rotatable bonds is 9. The molecule has 1 aromatic rings. The molecule has 1 unspecified atom stereocenters. The predicted octanol–water partition coefficient (Wildman–Crippen LogP) is 2.64. The number of benzene rings is 1. The average Bonchev–Trinajstić information content (AvgIpc) is 2.55. The van der Waals surface area contributed by atoms with Crippen molar-refractivity contribution in [2.24, 2.45) is 11.8 Å². The Hall–Kier alpha value is -1.88. The number of nitrogens with one attached hydrogen (secondary N) is 1. The van der Waals surface area contributed by atoms with Gasteiger partial charge >= 0.3 is 0 Å². The van der Waals surface area contributed by atoms with E-state index in [1.165, 1.54) is 5.56 Å². The lowest BCUT2D eigenvalue weighted by Crippen LogP contribution is -2.42. The van der Waals surface area contributed by atoms with Gasteiger partial charge < -0.3 is 4.90 Å². The van der Waals surface area contributed by atoms with Crippen LogP contribution in [0, 0.1) is 11.8 Å². The number of amides is 2. The summed E-state index contributed by atoms with van der Waals surface area (Å²) in [5.41, 5.74) is 2.90. The Kier molecular flexibility index (Phi) is 8.33. The van der Waals surface area contributed by atoms with Crippen LogP contribution in [0.1, 0.15) is 38.7 Å². The number of hydrogen-bond donors (Lipinski definition) is 2. The van der Waals surface area contributed by atoms with Crippen LogP contribution in [0.15, 0.2) is 30.3 Å². The van der Waals surface area contributed by atoms with Gasteiger partial charge in [-0.1, -0.05) is 44.2 Å². The van der Waals surface area contributed by atoms with Gasteiger partial charge in [-0.15, -0.1) is 0 Å². The van der Waals surface area contributed by atoms with Crippen LogP contribution in [-0.4, -0.2) is 35.5 Å². The highest BCUT2D eigenvalue weighted by Gasteiger charge is 2.29. The van der Waals surface area contributed by atoms with Gasteiger partial charge in [0.15, 0.2) is 0 Å². The van der Waals surface area contributed by atoms with Gasteiger partial charge in [-0.25, -0.2) is 5.48 Å². The van der Waals surface area contributed by atoms with Crippen molar-refractivity contribution in [3.8, 4) is 0 Å². The third kappa shape index (κ3) is 6.82. The maximum Gasteiger partial charge on any atom is 0.255 e. The number of hydrogen-bond acceptors (Lipinski definition) is 3. The van der Waals surface area contributed by atoms with Crippen LogP contribution in [0.4, 0.5) is 0 Å². The summed E-state index contributed by atoms with van der Waals surface area (Å²) in [6, 6.07) is 10.2. The summed E-state index contributed by atoms with van der Waals surface area (Å²) in [4.78, 5) is 25.7. The second-order valence-corrected chi connectivity index (χ2v) is 6.36. The van der Waals surface area contributed by atoms with Crippen molar-refractivity contribution >= 4 is 11.8 Å². The van der Waals surface area contributed by atoms with E-state index in [-0.39, 0.29) is 11.8 Å². The Morgan fingerprint density at radius 1 is 1.17 bits per heavy atom. The van der Waals surface area contributed by atoms with Crippen molar-refractivity contribution < 1.29 is 14.8 Å². The summed E-state index contributed by atoms with van der Waals surface area (Å²) in [5.74, 6) is -1.48. The molecule has 0 radical (unpaired) electrons. The summed E-state index contributed by atoms with van der Waals surface area (Å²) in [7, 11) is 1.71. The summed E-state index contributed by atoms with van der Waals surface area (Å²) in [5, 5.41) is 8.82. The van der Waals surface area contributed by atoms with E-state index < -0.39 is 11.8 Å². The third-order valence-corrected chi connectivity index (χ3v) is 3.86. The van der Waals surface area contributed by atoms with Crippen LogP contribution >= 0.6 is 0 Å². The van der Waals surface area contributed by atoms with E-state index in [1.807, 2.05) is 32.0 Å². The van der Waals surface area contributed by atoms with Crippen molar-refractivity contribution in [1.82, 2.24) is 10.4 Å². The van der Waals surface area contributed by atoms with Gasteiger partial charge in [0.1, 0.15) is 5.92 Å². The van der Waals surface area contributed by atoms with E-state index in [4.69, 9.17) is 5.21 Å². The first-order valence-electron chi connectivity index (χ1n) is 8.18. The van der Waals surface area contributed by atoms with E-state index in [0.29, 0.717) is 13.0 Å². The first-order valence-corrected chi connectivity index (χ1v) is 8.18. The number of unbranched alkanes of at least 4 members (excludes halogenated alkanes) is 1. The van der Waals surface area contributed by atoms with Crippen LogP contribution in [0.2, 0.25) is 0 Å². The number of aryl methyl sites for hydroxylation is 1. The summed E-state index contributed by atoms with van der Waals surface area (Å²) in [6.45, 7) is 4.51. The van der Waals surface area contributed by atoms with Gasteiger partial charge in [0.05, 0.1) is 0 Å². The average molecular weight is 320 g/mol. The number of carbonyl (C=O) groups is 2. The Morgan fingerprint density at radius 3 is 2.39 bits per heavy atom. The highest BCUT2D eigenvalue weighted by molar-refractivity contribution is 5.99. The van der Waals surface area contributed by atoms with Gasteiger partial charge in [0, 0.05) is 13.6 Å². The normalized spacial score (nSPS) is 12.0. The fourth-order valence-electron chi connectivity index (χ4n) is 2.57. The highest BCUT2D eigenvalue weighted by atomic mass is 16.5. The van der Waals surface area contributed by atoms with E-state index in [2.05, 4.69) is 12.1 Å². The quantitative estimate of drug-likeness (QED) is 0.318. The van der Waals surface area contributed by atoms with Crippen molar-refractivity contribution in [2.75, 3.05) is 13.6 Å². The Bertz CT molecular complexity index is 488. The van der Waals surface area contributed by atoms with Gasteiger partial charge in [-0.05, 0) is 37.2 Å². The van der Waals surface area contributed by atoms with Crippen LogP contribution < -0.4 is 5.48 Å². The largest absolute Gasteiger partial charge is 0.345 e. The number of nitrogens with zero attached hydrogens (tertiary/aromatic N) is 1. The fourth-order valence-corrected chi connectivity index (χ4v) is 2.57. The van der Waals surface area contributed by atoms with Crippen LogP contribution in [0.5, 0.6) is 0 Å². The Morgan fingerprint density at radius 2 is 1.83 bits per heavy atom. The molecule has 1 atom stereocenters. The lowest BCUT2D eigenvalue weighted by Gasteiger charge is -2.23. The minimum atomic E-state index is -0.820. The zero-order valence-electron chi connectivity index (χ0n) is 14.3. The van der Waals surface area contributed by atoms with E-state index in [1.54, 1.807) is 17.4 Å². The van der Waals surface area contributed by atoms with Crippen molar-refractivity contribution in [3.63, 3.8) is 0 Å². The van der Waals surface area contributed by atoms with E-state index in [9.17, 15) is 9.59 Å². The molecule has 0 aliphatic carbocycles. The Labute approximate surface area is 138 Å². The third-order valence-electron chi connectivity index (χ3n) is 3.86. The second kappa shape index (κ2) is 10.0. The minimum Gasteiger partial charge on any atom is -0.345 e. The molecule has 23 heavy (non-hydrogen) atoms. The molecule has 0 spiro atoms. The number of hydroxylamine groups is 1. The van der Waals surface area contributed by atoms with E-state index in [0.717, 1.165) is 19.3 Å². The zero-order chi connectivity index (χ0) is 17.2. The minimum absolute atomic E-state index is 0.202. The lowest BCUT2D eigenvalue weighted by atomic mass is 9.95. The Balaban J connectivity index is 2.43. The van der Waals surface area contributed by atoms with Gasteiger partial charge in [0.2, 0.25) is 5.91 Å². The molecular formula is C18H28N2O3. The second-order valence-electron chi connectivity index (χ2n) is 6.36. The van der Waals surface area contributed by atoms with Crippen LogP contribution in [0.3, 0.4) is 0 Å². The predicted molar refractivity (Wildman–Crippen MR) is 89.9 cm³/mol. The van der Waals surface area contributed by atoms with Crippen LogP contribution in [-0.2, 0) is 16.0 Å². The molecule has 5 nitrogen and oxygen atoms in total. The molecule has 1 rings (SSSR count). The molecule has 0 aliphatic rings. The maximum absolute atomic E-state index is 12.4. The zero-order valence-corrected chi connectivity index (χ0v) is 14.3. The molecule has 0 aromatic heterocycles. The first kappa shape index (κ1) is 19.2. The fraction of sp³-hybridized carbons (Fsp3) is 0.556. The topological polar surface area (TPSA) is 69.6 Å². The molecule has 2 amide bonds. The lowest BCUT2D eigenvalue weighted by molar-refractivity contribution is -0.146. The summed E-state index contributed by atoms with van der Waals surface area (Å²) < 4.78 is 0. The molecular weight excluding hydrogens is 292 g/mol. The molecule has 0 bridgehead atoms. The molecule has 128 valence electrons. The smallest absolute Gasteiger partial charge is 0.255 e. The molecule has 0 saturated heterocycles. The van der Waals surface area contributed by atoms with Crippen molar-refractivity contribution in [3.05, 3.63) is 35.9 Å². The van der Waals surface area contributed by atoms with Crippen molar-refractivity contribution in [2.45, 2.75) is 39.5 Å². The molecule has 1 aromatic carbocycles. The first-order chi connectivity index (χ1) is 11.0. The monoisotopic (exact) mass is 320 g/mol. The molecule has 0 heterocycles. The van der Waals surface area contributed by atoms with E-state index >= 15 is 0 Å². The molecule has 0 aliphatic heterocycles. The SMILES string of the molecule is CC(C)CC(C(=O)NO)C(=O)N(C)CCCCc1ccccc1. The van der Waals surface area contributed by atoms with Gasteiger partial charge in [0.25, 0.3) is 5.91 Å².